The van der Waals surface area contributed by atoms with Gasteiger partial charge < -0.3 is 9.64 Å². The Bertz CT molecular complexity index is 982. The fourth-order valence-corrected chi connectivity index (χ4v) is 4.85. The lowest BCUT2D eigenvalue weighted by Crippen LogP contribution is -2.43. The van der Waals surface area contributed by atoms with E-state index in [-0.39, 0.29) is 0 Å². The van der Waals surface area contributed by atoms with E-state index in [9.17, 15) is 0 Å². The van der Waals surface area contributed by atoms with E-state index in [1.54, 1.807) is 4.52 Å². The number of likely N-dealkylation sites (tertiary alicyclic amines) is 1. The van der Waals surface area contributed by atoms with E-state index in [2.05, 4.69) is 50.5 Å². The second kappa shape index (κ2) is 7.75. The minimum absolute atomic E-state index is 0.331. The highest BCUT2D eigenvalue weighted by molar-refractivity contribution is 5.69. The topological polar surface area (TPSA) is 55.6 Å². The van der Waals surface area contributed by atoms with Gasteiger partial charge in [-0.15, -0.1) is 10.2 Å². The summed E-state index contributed by atoms with van der Waals surface area (Å²) in [6.45, 7) is 6.29. The van der Waals surface area contributed by atoms with Crippen molar-refractivity contribution >= 4 is 5.65 Å². The van der Waals surface area contributed by atoms with E-state index in [1.807, 2.05) is 13.8 Å². The molecule has 0 amide bonds. The SMILES string of the molecule is Cc1nn2c(C)nnc2cc1-c1ccc(OC2CCN(C3CCCC3)CC2)cc1. The van der Waals surface area contributed by atoms with Crippen LogP contribution in [-0.2, 0) is 0 Å². The fourth-order valence-electron chi connectivity index (χ4n) is 4.85. The lowest BCUT2D eigenvalue weighted by atomic mass is 10.0. The Morgan fingerprint density at radius 3 is 2.38 bits per heavy atom. The van der Waals surface area contributed by atoms with Gasteiger partial charge in [-0.3, -0.25) is 0 Å². The normalized spacial score (nSPS) is 19.2. The van der Waals surface area contributed by atoms with Crippen LogP contribution in [0.25, 0.3) is 16.8 Å². The molecular weight excluding hydrogens is 362 g/mol. The molecule has 0 N–H and O–H groups in total. The predicted molar refractivity (Wildman–Crippen MR) is 113 cm³/mol. The third-order valence-corrected chi connectivity index (χ3v) is 6.52. The van der Waals surface area contributed by atoms with Gasteiger partial charge in [-0.2, -0.15) is 9.61 Å². The molecule has 2 fully saturated rings. The molecule has 0 unspecified atom stereocenters. The van der Waals surface area contributed by atoms with Crippen molar-refractivity contribution in [3.05, 3.63) is 41.9 Å². The number of nitrogens with zero attached hydrogens (tertiary/aromatic N) is 5. The number of hydrogen-bond acceptors (Lipinski definition) is 5. The van der Waals surface area contributed by atoms with Crippen LogP contribution in [0.3, 0.4) is 0 Å². The van der Waals surface area contributed by atoms with Crippen molar-refractivity contribution in [2.24, 2.45) is 0 Å². The van der Waals surface area contributed by atoms with E-state index in [4.69, 9.17) is 4.74 Å². The number of hydrogen-bond donors (Lipinski definition) is 0. The summed E-state index contributed by atoms with van der Waals surface area (Å²) in [6.07, 6.45) is 8.19. The van der Waals surface area contributed by atoms with Crippen molar-refractivity contribution < 1.29 is 4.74 Å². The summed E-state index contributed by atoms with van der Waals surface area (Å²) in [6, 6.07) is 11.3. The van der Waals surface area contributed by atoms with Gasteiger partial charge in [-0.05, 0) is 63.3 Å². The first kappa shape index (κ1) is 18.6. The lowest BCUT2D eigenvalue weighted by molar-refractivity contribution is 0.0768. The smallest absolute Gasteiger partial charge is 0.178 e. The predicted octanol–water partition coefficient (Wildman–Crippen LogP) is 4.19. The molecule has 0 spiro atoms. The highest BCUT2D eigenvalue weighted by Crippen LogP contribution is 2.29. The molecule has 1 aliphatic heterocycles. The largest absolute Gasteiger partial charge is 0.490 e. The molecule has 6 nitrogen and oxygen atoms in total. The fraction of sp³-hybridized carbons (Fsp3) is 0.522. The monoisotopic (exact) mass is 391 g/mol. The van der Waals surface area contributed by atoms with Gasteiger partial charge in [0.15, 0.2) is 11.5 Å². The van der Waals surface area contributed by atoms with Gasteiger partial charge in [0.25, 0.3) is 0 Å². The van der Waals surface area contributed by atoms with E-state index < -0.39 is 0 Å². The molecule has 6 heteroatoms. The van der Waals surface area contributed by atoms with Gasteiger partial charge in [0.1, 0.15) is 11.9 Å². The number of piperidine rings is 1. The van der Waals surface area contributed by atoms with Crippen molar-refractivity contribution in [1.29, 1.82) is 0 Å². The van der Waals surface area contributed by atoms with Crippen molar-refractivity contribution in [2.45, 2.75) is 64.5 Å². The summed E-state index contributed by atoms with van der Waals surface area (Å²) < 4.78 is 8.08. The minimum Gasteiger partial charge on any atom is -0.490 e. The second-order valence-corrected chi connectivity index (χ2v) is 8.48. The second-order valence-electron chi connectivity index (χ2n) is 8.48. The number of ether oxygens (including phenoxy) is 1. The first-order valence-corrected chi connectivity index (χ1v) is 10.9. The van der Waals surface area contributed by atoms with Crippen molar-refractivity contribution in [3.8, 4) is 16.9 Å². The Morgan fingerprint density at radius 1 is 0.931 bits per heavy atom. The quantitative estimate of drug-likeness (QED) is 0.667. The standard InChI is InChI=1S/C23H29N5O/c1-16-22(15-23-25-24-17(2)28(23)26-16)18-7-9-20(10-8-18)29-21-11-13-27(14-12-21)19-5-3-4-6-19/h7-10,15,19,21H,3-6,11-14H2,1-2H3. The van der Waals surface area contributed by atoms with Crippen molar-refractivity contribution in [3.63, 3.8) is 0 Å². The molecule has 2 aliphatic rings. The van der Waals surface area contributed by atoms with Gasteiger partial charge in [0, 0.05) is 24.7 Å². The van der Waals surface area contributed by atoms with Crippen LogP contribution in [0.4, 0.5) is 0 Å². The molecule has 1 saturated carbocycles. The molecule has 5 rings (SSSR count). The van der Waals surface area contributed by atoms with Gasteiger partial charge in [0.05, 0.1) is 5.69 Å². The van der Waals surface area contributed by atoms with Gasteiger partial charge in [-0.25, -0.2) is 0 Å². The average molecular weight is 392 g/mol. The molecule has 1 aliphatic carbocycles. The molecule has 3 aromatic rings. The Morgan fingerprint density at radius 2 is 1.66 bits per heavy atom. The molecule has 152 valence electrons. The number of aromatic nitrogens is 4. The maximum absolute atomic E-state index is 6.29. The zero-order valence-corrected chi connectivity index (χ0v) is 17.3. The average Bonchev–Trinajstić information content (AvgIpc) is 3.40. The number of fused-ring (bicyclic) bond motifs is 1. The molecule has 1 saturated heterocycles. The van der Waals surface area contributed by atoms with Crippen molar-refractivity contribution in [1.82, 2.24) is 24.7 Å². The summed E-state index contributed by atoms with van der Waals surface area (Å²) in [7, 11) is 0. The zero-order chi connectivity index (χ0) is 19.8. The Balaban J connectivity index is 1.24. The number of rotatable bonds is 4. The van der Waals surface area contributed by atoms with Crippen molar-refractivity contribution in [2.75, 3.05) is 13.1 Å². The molecular formula is C23H29N5O. The van der Waals surface area contributed by atoms with Gasteiger partial charge in [-0.1, -0.05) is 25.0 Å². The molecule has 29 heavy (non-hydrogen) atoms. The molecule has 0 atom stereocenters. The Hall–Kier alpha value is -2.47. The van der Waals surface area contributed by atoms with Crippen LogP contribution >= 0.6 is 0 Å². The highest BCUT2D eigenvalue weighted by atomic mass is 16.5. The summed E-state index contributed by atoms with van der Waals surface area (Å²) in [5.74, 6) is 1.76. The van der Waals surface area contributed by atoms with Gasteiger partial charge >= 0.3 is 0 Å². The van der Waals surface area contributed by atoms with Crippen LogP contribution in [0, 0.1) is 13.8 Å². The lowest BCUT2D eigenvalue weighted by Gasteiger charge is -2.36. The summed E-state index contributed by atoms with van der Waals surface area (Å²) >= 11 is 0. The van der Waals surface area contributed by atoms with Crippen LogP contribution in [0.2, 0.25) is 0 Å². The van der Waals surface area contributed by atoms with Crippen LogP contribution in [0.15, 0.2) is 30.3 Å². The number of aryl methyl sites for hydroxylation is 2. The first-order chi connectivity index (χ1) is 14.2. The van der Waals surface area contributed by atoms with Gasteiger partial charge in [0.2, 0.25) is 0 Å². The Kier molecular flexibility index (Phi) is 4.96. The molecule has 1 aromatic carbocycles. The van der Waals surface area contributed by atoms with Crippen LogP contribution in [0.5, 0.6) is 5.75 Å². The third kappa shape index (κ3) is 3.73. The molecule has 3 heterocycles. The summed E-state index contributed by atoms with van der Waals surface area (Å²) in [4.78, 5) is 2.69. The molecule has 2 aromatic heterocycles. The van der Waals surface area contributed by atoms with Crippen LogP contribution in [0.1, 0.15) is 50.0 Å². The Labute approximate surface area is 171 Å². The maximum atomic E-state index is 6.29. The summed E-state index contributed by atoms with van der Waals surface area (Å²) in [5, 5.41) is 12.9. The minimum atomic E-state index is 0.331. The maximum Gasteiger partial charge on any atom is 0.178 e. The van der Waals surface area contributed by atoms with Crippen LogP contribution < -0.4 is 4.74 Å². The van der Waals surface area contributed by atoms with E-state index >= 15 is 0 Å². The summed E-state index contributed by atoms with van der Waals surface area (Å²) in [5.41, 5.74) is 3.95. The first-order valence-electron chi connectivity index (χ1n) is 10.9. The third-order valence-electron chi connectivity index (χ3n) is 6.52. The van der Waals surface area contributed by atoms with Crippen LogP contribution in [-0.4, -0.2) is 49.9 Å². The number of benzene rings is 1. The van der Waals surface area contributed by atoms with E-state index in [0.717, 1.165) is 52.9 Å². The van der Waals surface area contributed by atoms with E-state index in [0.29, 0.717) is 6.10 Å². The molecule has 0 bridgehead atoms. The zero-order valence-electron chi connectivity index (χ0n) is 17.3. The molecule has 0 radical (unpaired) electrons. The van der Waals surface area contributed by atoms with E-state index in [1.165, 1.54) is 38.8 Å². The highest BCUT2D eigenvalue weighted by Gasteiger charge is 2.27.